The van der Waals surface area contributed by atoms with Crippen LogP contribution >= 0.6 is 11.6 Å². The fourth-order valence-corrected chi connectivity index (χ4v) is 2.67. The normalized spacial score (nSPS) is 11.1. The second-order valence-electron chi connectivity index (χ2n) is 3.87. The number of nitrogens with zero attached hydrogens (tertiary/aromatic N) is 2. The molecule has 0 bridgehead atoms. The second kappa shape index (κ2) is 6.06. The van der Waals surface area contributed by atoms with E-state index in [1.807, 2.05) is 0 Å². The minimum atomic E-state index is -3.82. The molecule has 0 saturated carbocycles. The van der Waals surface area contributed by atoms with Crippen molar-refractivity contribution in [1.29, 1.82) is 0 Å². The highest BCUT2D eigenvalue weighted by atomic mass is 35.5. The van der Waals surface area contributed by atoms with Gasteiger partial charge in [0.1, 0.15) is 0 Å². The van der Waals surface area contributed by atoms with E-state index in [1.165, 1.54) is 6.07 Å². The van der Waals surface area contributed by atoms with Gasteiger partial charge in [0.25, 0.3) is 5.69 Å². The summed E-state index contributed by atoms with van der Waals surface area (Å²) >= 11 is 5.84. The first-order chi connectivity index (χ1) is 9.12. The van der Waals surface area contributed by atoms with Crippen molar-refractivity contribution in [3.63, 3.8) is 0 Å². The predicted molar refractivity (Wildman–Crippen MR) is 72.5 cm³/mol. The number of rotatable bonds is 6. The van der Waals surface area contributed by atoms with Gasteiger partial charge in [-0.1, -0.05) is 11.6 Å². The highest BCUT2D eigenvalue weighted by molar-refractivity contribution is 7.92. The number of nitro benzene ring substituents is 1. The quantitative estimate of drug-likeness (QED) is 0.626. The molecule has 0 saturated heterocycles. The molecule has 1 rings (SSSR count). The topological polar surface area (TPSA) is 118 Å². The number of nitro groups is 1. The Morgan fingerprint density at radius 3 is 2.55 bits per heavy atom. The summed E-state index contributed by atoms with van der Waals surface area (Å²) in [6.45, 7) is -0.366. The van der Waals surface area contributed by atoms with Gasteiger partial charge in [-0.15, -0.1) is 0 Å². The second-order valence-corrected chi connectivity index (χ2v) is 6.19. The molecule has 0 fully saturated rings. The highest BCUT2D eigenvalue weighted by Crippen LogP contribution is 2.31. The molecule has 0 spiro atoms. The SMILES string of the molecule is CS(=O)(=O)N(CCC(=O)O)c1cc([N+](=O)[O-])ccc1Cl. The number of carboxylic acids is 1. The molecule has 1 aromatic carbocycles. The number of aliphatic carboxylic acids is 1. The average molecular weight is 323 g/mol. The highest BCUT2D eigenvalue weighted by Gasteiger charge is 2.23. The Kier molecular flexibility index (Phi) is 4.90. The van der Waals surface area contributed by atoms with Crippen molar-refractivity contribution < 1.29 is 23.2 Å². The van der Waals surface area contributed by atoms with Crippen molar-refractivity contribution in [2.75, 3.05) is 17.1 Å². The van der Waals surface area contributed by atoms with Crippen LogP contribution in [-0.4, -0.2) is 37.2 Å². The Bertz CT molecular complexity index is 645. The van der Waals surface area contributed by atoms with Crippen LogP contribution in [0.1, 0.15) is 6.42 Å². The average Bonchev–Trinajstić information content (AvgIpc) is 2.29. The molecule has 0 aromatic heterocycles. The Labute approximate surface area is 119 Å². The molecular formula is C10H11ClN2O6S. The molecule has 8 nitrogen and oxygen atoms in total. The van der Waals surface area contributed by atoms with Crippen LogP contribution in [0.2, 0.25) is 5.02 Å². The van der Waals surface area contributed by atoms with Crippen molar-refractivity contribution in [1.82, 2.24) is 0 Å². The monoisotopic (exact) mass is 322 g/mol. The molecule has 0 atom stereocenters. The molecule has 110 valence electrons. The van der Waals surface area contributed by atoms with E-state index < -0.39 is 27.3 Å². The third-order valence-corrected chi connectivity index (χ3v) is 3.84. The standard InChI is InChI=1S/C10H11ClN2O6S/c1-20(18,19)12(5-4-10(14)15)9-6-7(13(16)17)2-3-8(9)11/h2-3,6H,4-5H2,1H3,(H,14,15). The van der Waals surface area contributed by atoms with Crippen molar-refractivity contribution in [3.05, 3.63) is 33.3 Å². The van der Waals surface area contributed by atoms with E-state index in [0.29, 0.717) is 0 Å². The van der Waals surface area contributed by atoms with E-state index in [0.717, 1.165) is 22.7 Å². The molecular weight excluding hydrogens is 312 g/mol. The maximum Gasteiger partial charge on any atom is 0.305 e. The van der Waals surface area contributed by atoms with Crippen LogP contribution in [0.5, 0.6) is 0 Å². The molecule has 0 heterocycles. The molecule has 0 radical (unpaired) electrons. The van der Waals surface area contributed by atoms with Crippen LogP contribution in [0, 0.1) is 10.1 Å². The summed E-state index contributed by atoms with van der Waals surface area (Å²) in [7, 11) is -3.82. The zero-order chi connectivity index (χ0) is 15.5. The van der Waals surface area contributed by atoms with Gasteiger partial charge in [0.05, 0.1) is 28.3 Å². The Hall–Kier alpha value is -1.87. The minimum Gasteiger partial charge on any atom is -0.481 e. The number of non-ortho nitro benzene ring substituents is 1. The number of anilines is 1. The van der Waals surface area contributed by atoms with Crippen LogP contribution < -0.4 is 4.31 Å². The zero-order valence-electron chi connectivity index (χ0n) is 10.3. The van der Waals surface area contributed by atoms with Crippen LogP contribution in [0.4, 0.5) is 11.4 Å². The van der Waals surface area contributed by atoms with E-state index in [1.54, 1.807) is 0 Å². The summed E-state index contributed by atoms with van der Waals surface area (Å²) in [6.07, 6.45) is 0.413. The number of hydrogen-bond acceptors (Lipinski definition) is 5. The number of carboxylic acid groups (broad SMARTS) is 1. The van der Waals surface area contributed by atoms with Gasteiger partial charge in [-0.3, -0.25) is 19.2 Å². The fraction of sp³-hybridized carbons (Fsp3) is 0.300. The summed E-state index contributed by atoms with van der Waals surface area (Å²) in [4.78, 5) is 20.6. The van der Waals surface area contributed by atoms with Gasteiger partial charge in [0.15, 0.2) is 0 Å². The number of carbonyl (C=O) groups is 1. The van der Waals surface area contributed by atoms with Gasteiger partial charge < -0.3 is 5.11 Å². The molecule has 1 aromatic rings. The third-order valence-electron chi connectivity index (χ3n) is 2.34. The van der Waals surface area contributed by atoms with Gasteiger partial charge in [-0.2, -0.15) is 0 Å². The molecule has 10 heteroatoms. The number of halogens is 1. The van der Waals surface area contributed by atoms with Crippen LogP contribution in [0.3, 0.4) is 0 Å². The largest absolute Gasteiger partial charge is 0.481 e. The van der Waals surface area contributed by atoms with E-state index >= 15 is 0 Å². The third kappa shape index (κ3) is 4.07. The Morgan fingerprint density at radius 2 is 2.10 bits per heavy atom. The van der Waals surface area contributed by atoms with Gasteiger partial charge >= 0.3 is 5.97 Å². The van der Waals surface area contributed by atoms with Crippen molar-refractivity contribution >= 4 is 39.0 Å². The smallest absolute Gasteiger partial charge is 0.305 e. The zero-order valence-corrected chi connectivity index (χ0v) is 11.9. The van der Waals surface area contributed by atoms with Crippen LogP contribution in [-0.2, 0) is 14.8 Å². The molecule has 0 aliphatic carbocycles. The summed E-state index contributed by atoms with van der Waals surface area (Å²) in [5.74, 6) is -1.19. The fourth-order valence-electron chi connectivity index (χ4n) is 1.47. The molecule has 0 unspecified atom stereocenters. The number of hydrogen-bond donors (Lipinski definition) is 1. The summed E-state index contributed by atoms with van der Waals surface area (Å²) < 4.78 is 24.1. The summed E-state index contributed by atoms with van der Waals surface area (Å²) in [5, 5.41) is 19.3. The molecule has 20 heavy (non-hydrogen) atoms. The number of benzene rings is 1. The first-order valence-corrected chi connectivity index (χ1v) is 7.49. The minimum absolute atomic E-state index is 0.0218. The van der Waals surface area contributed by atoms with Gasteiger partial charge in [0.2, 0.25) is 10.0 Å². The molecule has 0 aliphatic rings. The molecule has 0 amide bonds. The maximum absolute atomic E-state index is 11.7. The lowest BCUT2D eigenvalue weighted by molar-refractivity contribution is -0.384. The maximum atomic E-state index is 11.7. The summed E-state index contributed by atoms with van der Waals surface area (Å²) in [5.41, 5.74) is -0.460. The van der Waals surface area contributed by atoms with Crippen molar-refractivity contribution in [3.8, 4) is 0 Å². The predicted octanol–water partition coefficient (Wildman–Crippen LogP) is 1.49. The lowest BCUT2D eigenvalue weighted by atomic mass is 10.2. The van der Waals surface area contributed by atoms with Gasteiger partial charge in [-0.25, -0.2) is 8.42 Å². The molecule has 1 N–H and O–H groups in total. The van der Waals surface area contributed by atoms with Crippen molar-refractivity contribution in [2.45, 2.75) is 6.42 Å². The Morgan fingerprint density at radius 1 is 1.50 bits per heavy atom. The van der Waals surface area contributed by atoms with E-state index in [9.17, 15) is 23.3 Å². The van der Waals surface area contributed by atoms with Crippen LogP contribution in [0.25, 0.3) is 0 Å². The Balaban J connectivity index is 3.29. The van der Waals surface area contributed by atoms with E-state index in [2.05, 4.69) is 0 Å². The van der Waals surface area contributed by atoms with Crippen molar-refractivity contribution in [2.24, 2.45) is 0 Å². The lowest BCUT2D eigenvalue weighted by Gasteiger charge is -2.22. The first-order valence-electron chi connectivity index (χ1n) is 5.26. The lowest BCUT2D eigenvalue weighted by Crippen LogP contribution is -2.32. The van der Waals surface area contributed by atoms with Crippen LogP contribution in [0.15, 0.2) is 18.2 Å². The summed E-state index contributed by atoms with van der Waals surface area (Å²) in [6, 6.07) is 3.31. The first kappa shape index (κ1) is 16.2. The molecule has 0 aliphatic heterocycles. The van der Waals surface area contributed by atoms with E-state index in [-0.39, 0.29) is 22.9 Å². The number of sulfonamides is 1. The van der Waals surface area contributed by atoms with E-state index in [4.69, 9.17) is 16.7 Å². The van der Waals surface area contributed by atoms with Gasteiger partial charge in [-0.05, 0) is 6.07 Å². The van der Waals surface area contributed by atoms with Gasteiger partial charge in [0, 0.05) is 18.7 Å².